The Kier molecular flexibility index (Phi) is 3.48. The third kappa shape index (κ3) is 1.92. The van der Waals surface area contributed by atoms with Crippen molar-refractivity contribution in [3.63, 3.8) is 0 Å². The molecular formula is C22H30N2O3. The maximum atomic E-state index is 12.0. The fourth-order valence-electron chi connectivity index (χ4n) is 7.86. The molecule has 0 spiro atoms. The van der Waals surface area contributed by atoms with Crippen molar-refractivity contribution in [2.75, 3.05) is 0 Å². The SMILES string of the molecule is C[C@]12CCC(=O)C=C1CC[C@@H]1[C@@H]2CC[C@@]2(C)[C@H]1C[C@H]1O[C@]12n1ccnc1.O. The van der Waals surface area contributed by atoms with Crippen molar-refractivity contribution in [3.8, 4) is 0 Å². The van der Waals surface area contributed by atoms with E-state index in [2.05, 4.69) is 29.6 Å². The second kappa shape index (κ2) is 5.32. The number of fused-ring (bicyclic) bond motifs is 7. The zero-order valence-corrected chi connectivity index (χ0v) is 16.3. The van der Waals surface area contributed by atoms with E-state index in [0.29, 0.717) is 11.9 Å². The van der Waals surface area contributed by atoms with Gasteiger partial charge in [-0.05, 0) is 67.8 Å². The molecule has 0 radical (unpaired) electrons. The number of nitrogens with zero attached hydrogens (tertiary/aromatic N) is 2. The lowest BCUT2D eigenvalue weighted by Crippen LogP contribution is -2.53. The molecular weight excluding hydrogens is 340 g/mol. The predicted octanol–water partition coefficient (Wildman–Crippen LogP) is 3.25. The molecule has 1 aromatic heterocycles. The van der Waals surface area contributed by atoms with E-state index in [4.69, 9.17) is 4.74 Å². The monoisotopic (exact) mass is 370 g/mol. The Balaban J connectivity index is 0.00000160. The molecule has 5 aliphatic rings. The Morgan fingerprint density at radius 3 is 2.81 bits per heavy atom. The summed E-state index contributed by atoms with van der Waals surface area (Å²) in [4.78, 5) is 16.3. The Morgan fingerprint density at radius 2 is 2.04 bits per heavy atom. The van der Waals surface area contributed by atoms with Crippen molar-refractivity contribution in [1.82, 2.24) is 9.55 Å². The molecule has 6 rings (SSSR count). The van der Waals surface area contributed by atoms with E-state index < -0.39 is 0 Å². The van der Waals surface area contributed by atoms with Gasteiger partial charge in [0.1, 0.15) is 6.10 Å². The Bertz CT molecular complexity index is 818. The number of carbonyl (C=O) groups is 1. The van der Waals surface area contributed by atoms with Crippen LogP contribution in [-0.2, 0) is 15.3 Å². The predicted molar refractivity (Wildman–Crippen MR) is 101 cm³/mol. The molecule has 5 heteroatoms. The summed E-state index contributed by atoms with van der Waals surface area (Å²) in [5.74, 6) is 2.61. The minimum atomic E-state index is -0.140. The smallest absolute Gasteiger partial charge is 0.178 e. The third-order valence-corrected chi connectivity index (χ3v) is 9.23. The molecule has 4 aliphatic carbocycles. The van der Waals surface area contributed by atoms with Gasteiger partial charge in [0.2, 0.25) is 0 Å². The highest BCUT2D eigenvalue weighted by Gasteiger charge is 2.78. The standard InChI is InChI=1S/C22H28N2O2.H2O/c1-20-7-5-15(25)11-14(20)3-4-16-17(20)6-8-21(2)18(16)12-19-22(21,26-19)24-10-9-23-13-24;/h9-11,13,16-19H,3-8,12H2,1-2H3;1H2/t16-,17+,18+,19-,20+,21+,22-;/m1./s1. The van der Waals surface area contributed by atoms with E-state index >= 15 is 0 Å². The first-order valence-corrected chi connectivity index (χ1v) is 10.4. The Labute approximate surface area is 160 Å². The molecule has 4 fully saturated rings. The number of aromatic nitrogens is 2. The van der Waals surface area contributed by atoms with Crippen LogP contribution in [0.2, 0.25) is 0 Å². The number of hydrogen-bond donors (Lipinski definition) is 0. The summed E-state index contributed by atoms with van der Waals surface area (Å²) in [5.41, 5.74) is 1.79. The number of carbonyl (C=O) groups excluding carboxylic acids is 1. The highest BCUT2D eigenvalue weighted by Crippen LogP contribution is 2.75. The maximum Gasteiger partial charge on any atom is 0.178 e. The van der Waals surface area contributed by atoms with E-state index in [-0.39, 0.29) is 22.0 Å². The largest absolute Gasteiger partial charge is 0.412 e. The topological polar surface area (TPSA) is 78.9 Å². The van der Waals surface area contributed by atoms with Gasteiger partial charge in [0, 0.05) is 24.2 Å². The fourth-order valence-corrected chi connectivity index (χ4v) is 7.86. The van der Waals surface area contributed by atoms with E-state index in [1.54, 1.807) is 0 Å². The molecule has 1 saturated heterocycles. The summed E-state index contributed by atoms with van der Waals surface area (Å²) >= 11 is 0. The van der Waals surface area contributed by atoms with E-state index in [9.17, 15) is 4.79 Å². The van der Waals surface area contributed by atoms with Crippen LogP contribution in [0.5, 0.6) is 0 Å². The van der Waals surface area contributed by atoms with Crippen molar-refractivity contribution < 1.29 is 15.0 Å². The van der Waals surface area contributed by atoms with Crippen molar-refractivity contribution in [3.05, 3.63) is 30.4 Å². The molecule has 1 aromatic rings. The summed E-state index contributed by atoms with van der Waals surface area (Å²) in [6.07, 6.45) is 16.2. The van der Waals surface area contributed by atoms with Gasteiger partial charge in [0.25, 0.3) is 0 Å². The highest BCUT2D eigenvalue weighted by molar-refractivity contribution is 5.91. The van der Waals surface area contributed by atoms with Crippen molar-refractivity contribution in [1.29, 1.82) is 0 Å². The summed E-state index contributed by atoms with van der Waals surface area (Å²) in [6.45, 7) is 4.95. The number of ether oxygens (including phenoxy) is 1. The lowest BCUT2D eigenvalue weighted by molar-refractivity contribution is -0.120. The molecule has 0 aromatic carbocycles. The first-order chi connectivity index (χ1) is 12.5. The fraction of sp³-hybridized carbons (Fsp3) is 0.727. The lowest BCUT2D eigenvalue weighted by Gasteiger charge is -2.58. The first-order valence-electron chi connectivity index (χ1n) is 10.4. The number of rotatable bonds is 1. The van der Waals surface area contributed by atoms with Gasteiger partial charge in [-0.2, -0.15) is 0 Å². The van der Waals surface area contributed by atoms with E-state index in [0.717, 1.165) is 37.0 Å². The van der Waals surface area contributed by atoms with E-state index in [1.165, 1.54) is 31.3 Å². The molecule has 3 saturated carbocycles. The number of epoxide rings is 1. The molecule has 1 aliphatic heterocycles. The summed E-state index contributed by atoms with van der Waals surface area (Å²) in [5, 5.41) is 0. The molecule has 27 heavy (non-hydrogen) atoms. The van der Waals surface area contributed by atoms with Gasteiger partial charge < -0.3 is 14.8 Å². The normalized spacial score (nSPS) is 49.9. The number of hydrogen-bond acceptors (Lipinski definition) is 3. The molecule has 2 N–H and O–H groups in total. The summed E-state index contributed by atoms with van der Waals surface area (Å²) in [7, 11) is 0. The average molecular weight is 370 g/mol. The lowest BCUT2D eigenvalue weighted by atomic mass is 9.47. The van der Waals surface area contributed by atoms with Crippen LogP contribution in [0.4, 0.5) is 0 Å². The van der Waals surface area contributed by atoms with Gasteiger partial charge in [-0.3, -0.25) is 4.79 Å². The second-order valence-electron chi connectivity index (χ2n) is 9.93. The molecule has 5 nitrogen and oxygen atoms in total. The first kappa shape index (κ1) is 17.6. The van der Waals surface area contributed by atoms with Gasteiger partial charge >= 0.3 is 0 Å². The van der Waals surface area contributed by atoms with Gasteiger partial charge in [-0.15, -0.1) is 0 Å². The van der Waals surface area contributed by atoms with Gasteiger partial charge in [-0.1, -0.05) is 19.4 Å². The second-order valence-corrected chi connectivity index (χ2v) is 9.93. The van der Waals surface area contributed by atoms with Crippen LogP contribution in [0, 0.1) is 28.6 Å². The summed E-state index contributed by atoms with van der Waals surface area (Å²) < 4.78 is 8.61. The van der Waals surface area contributed by atoms with Crippen LogP contribution >= 0.6 is 0 Å². The quantitative estimate of drug-likeness (QED) is 0.712. The van der Waals surface area contributed by atoms with Crippen LogP contribution in [0.3, 0.4) is 0 Å². The zero-order valence-electron chi connectivity index (χ0n) is 16.3. The molecule has 0 unspecified atom stereocenters. The Morgan fingerprint density at radius 1 is 1.19 bits per heavy atom. The van der Waals surface area contributed by atoms with Crippen LogP contribution in [-0.4, -0.2) is 26.9 Å². The molecule has 7 atom stereocenters. The third-order valence-electron chi connectivity index (χ3n) is 9.23. The number of ketones is 1. The van der Waals surface area contributed by atoms with Crippen molar-refractivity contribution in [2.24, 2.45) is 28.6 Å². The zero-order chi connectivity index (χ0) is 17.7. The maximum absolute atomic E-state index is 12.0. The molecule has 146 valence electrons. The molecule has 2 heterocycles. The highest BCUT2D eigenvalue weighted by atomic mass is 16.6. The van der Waals surface area contributed by atoms with Crippen LogP contribution < -0.4 is 0 Å². The minimum absolute atomic E-state index is 0. The van der Waals surface area contributed by atoms with Gasteiger partial charge in [-0.25, -0.2) is 4.98 Å². The van der Waals surface area contributed by atoms with Gasteiger partial charge in [0.15, 0.2) is 11.5 Å². The molecule has 0 bridgehead atoms. The van der Waals surface area contributed by atoms with Crippen LogP contribution in [0.1, 0.15) is 58.8 Å². The Hall–Kier alpha value is -1.46. The number of allylic oxidation sites excluding steroid dienone is 1. The minimum Gasteiger partial charge on any atom is -0.412 e. The van der Waals surface area contributed by atoms with Crippen LogP contribution in [0.15, 0.2) is 30.4 Å². The van der Waals surface area contributed by atoms with Crippen molar-refractivity contribution in [2.45, 2.75) is 70.6 Å². The van der Waals surface area contributed by atoms with E-state index in [1.807, 2.05) is 18.6 Å². The molecule has 0 amide bonds. The van der Waals surface area contributed by atoms with Crippen molar-refractivity contribution >= 4 is 5.78 Å². The number of imidazole rings is 1. The summed E-state index contributed by atoms with van der Waals surface area (Å²) in [6, 6.07) is 0. The van der Waals surface area contributed by atoms with Crippen LogP contribution in [0.25, 0.3) is 0 Å². The van der Waals surface area contributed by atoms with Gasteiger partial charge in [0.05, 0.1) is 6.33 Å². The average Bonchev–Trinajstić information content (AvgIpc) is 3.00.